The average molecular weight is 397 g/mol. The summed E-state index contributed by atoms with van der Waals surface area (Å²) in [6.45, 7) is 3.49. The van der Waals surface area contributed by atoms with Gasteiger partial charge in [-0.05, 0) is 42.3 Å². The molecule has 3 rings (SSSR count). The fourth-order valence-corrected chi connectivity index (χ4v) is 3.95. The van der Waals surface area contributed by atoms with Gasteiger partial charge in [-0.3, -0.25) is 4.79 Å². The van der Waals surface area contributed by atoms with E-state index in [2.05, 4.69) is 5.32 Å². The van der Waals surface area contributed by atoms with Crippen LogP contribution in [-0.4, -0.2) is 31.6 Å². The molecule has 1 N–H and O–H groups in total. The third kappa shape index (κ3) is 3.75. The topological polar surface area (TPSA) is 81.7 Å². The van der Waals surface area contributed by atoms with Crippen LogP contribution in [0.1, 0.15) is 42.9 Å². The molecule has 0 aliphatic carbocycles. The number of rotatable bonds is 5. The first kappa shape index (κ1) is 19.6. The molecule has 0 saturated carbocycles. The minimum atomic E-state index is -0.597. The smallest absolute Gasteiger partial charge is 0.348 e. The highest BCUT2D eigenvalue weighted by Gasteiger charge is 2.27. The van der Waals surface area contributed by atoms with Gasteiger partial charge < -0.3 is 14.8 Å². The van der Waals surface area contributed by atoms with E-state index in [4.69, 9.17) is 9.47 Å². The maximum absolute atomic E-state index is 12.8. The first-order valence-electron chi connectivity index (χ1n) is 8.65. The average Bonchev–Trinajstić information content (AvgIpc) is 3.03. The van der Waals surface area contributed by atoms with E-state index in [1.165, 1.54) is 7.11 Å². The first-order valence-corrected chi connectivity index (χ1v) is 9.46. The van der Waals surface area contributed by atoms with E-state index in [0.717, 1.165) is 22.1 Å². The van der Waals surface area contributed by atoms with Crippen molar-refractivity contribution in [3.8, 4) is 0 Å². The lowest BCUT2D eigenvalue weighted by Crippen LogP contribution is -2.15. The van der Waals surface area contributed by atoms with Crippen LogP contribution in [-0.2, 0) is 9.47 Å². The summed E-state index contributed by atoms with van der Waals surface area (Å²) in [5, 5.41) is 4.95. The van der Waals surface area contributed by atoms with Gasteiger partial charge in [-0.15, -0.1) is 11.3 Å². The summed E-state index contributed by atoms with van der Waals surface area (Å²) in [4.78, 5) is 37.4. The fourth-order valence-electron chi connectivity index (χ4n) is 2.84. The normalized spacial score (nSPS) is 10.5. The Morgan fingerprint density at radius 1 is 1.04 bits per heavy atom. The molecule has 1 amide bonds. The molecule has 0 aliphatic rings. The fraction of sp³-hybridized carbons (Fsp3) is 0.190. The van der Waals surface area contributed by atoms with Crippen LogP contribution < -0.4 is 5.32 Å². The number of amides is 1. The molecular formula is C21H19NO5S. The third-order valence-corrected chi connectivity index (χ3v) is 5.42. The van der Waals surface area contributed by atoms with E-state index in [9.17, 15) is 14.4 Å². The minimum Gasteiger partial charge on any atom is -0.465 e. The predicted octanol–water partition coefficient (Wildman–Crippen LogP) is 4.43. The summed E-state index contributed by atoms with van der Waals surface area (Å²) >= 11 is 0.992. The van der Waals surface area contributed by atoms with Gasteiger partial charge in [-0.25, -0.2) is 9.59 Å². The van der Waals surface area contributed by atoms with Crippen molar-refractivity contribution in [3.05, 3.63) is 64.0 Å². The van der Waals surface area contributed by atoms with Gasteiger partial charge in [-0.1, -0.05) is 30.3 Å². The number of esters is 2. The molecule has 144 valence electrons. The Labute approximate surface area is 166 Å². The zero-order chi connectivity index (χ0) is 20.3. The first-order chi connectivity index (χ1) is 13.5. The van der Waals surface area contributed by atoms with Crippen molar-refractivity contribution in [1.29, 1.82) is 0 Å². The number of hydrogen-bond donors (Lipinski definition) is 1. The van der Waals surface area contributed by atoms with Crippen LogP contribution in [0.3, 0.4) is 0 Å². The van der Waals surface area contributed by atoms with Crippen molar-refractivity contribution in [2.45, 2.75) is 13.8 Å². The lowest BCUT2D eigenvalue weighted by atomic mass is 10.1. The van der Waals surface area contributed by atoms with Gasteiger partial charge >= 0.3 is 11.9 Å². The molecule has 6 nitrogen and oxygen atoms in total. The summed E-state index contributed by atoms with van der Waals surface area (Å²) in [5.74, 6) is -1.55. The van der Waals surface area contributed by atoms with E-state index < -0.39 is 11.9 Å². The van der Waals surface area contributed by atoms with Gasteiger partial charge in [0, 0.05) is 5.56 Å². The molecule has 0 bridgehead atoms. The summed E-state index contributed by atoms with van der Waals surface area (Å²) < 4.78 is 9.86. The van der Waals surface area contributed by atoms with Gasteiger partial charge in [0.15, 0.2) is 0 Å². The molecule has 0 radical (unpaired) electrons. The second-order valence-electron chi connectivity index (χ2n) is 5.99. The molecule has 2 aromatic carbocycles. The number of methoxy groups -OCH3 is 1. The number of carbonyl (C=O) groups excluding carboxylic acids is 3. The van der Waals surface area contributed by atoms with Crippen molar-refractivity contribution in [2.75, 3.05) is 19.0 Å². The van der Waals surface area contributed by atoms with Crippen molar-refractivity contribution in [1.82, 2.24) is 0 Å². The maximum atomic E-state index is 12.8. The number of nitrogens with one attached hydrogen (secondary N) is 1. The number of fused-ring (bicyclic) bond motifs is 1. The van der Waals surface area contributed by atoms with E-state index in [1.807, 2.05) is 30.3 Å². The Morgan fingerprint density at radius 2 is 1.75 bits per heavy atom. The third-order valence-electron chi connectivity index (χ3n) is 4.24. The SMILES string of the molecule is CCOC(=O)c1c(NC(=O)c2ccc3ccccc3c2)sc(C(=O)OC)c1C. The highest BCUT2D eigenvalue weighted by Crippen LogP contribution is 2.34. The highest BCUT2D eigenvalue weighted by atomic mass is 32.1. The molecule has 0 aliphatic heterocycles. The number of anilines is 1. The largest absolute Gasteiger partial charge is 0.465 e. The van der Waals surface area contributed by atoms with Crippen molar-refractivity contribution < 1.29 is 23.9 Å². The second-order valence-corrected chi connectivity index (χ2v) is 7.01. The Kier molecular flexibility index (Phi) is 5.75. The van der Waals surface area contributed by atoms with Crippen LogP contribution in [0.2, 0.25) is 0 Å². The van der Waals surface area contributed by atoms with E-state index >= 15 is 0 Å². The summed E-state index contributed by atoms with van der Waals surface area (Å²) in [5.41, 5.74) is 1.03. The molecule has 0 saturated heterocycles. The van der Waals surface area contributed by atoms with Gasteiger partial charge in [0.1, 0.15) is 9.88 Å². The van der Waals surface area contributed by atoms with Crippen LogP contribution in [0.4, 0.5) is 5.00 Å². The van der Waals surface area contributed by atoms with Gasteiger partial charge in [0.25, 0.3) is 5.91 Å². The van der Waals surface area contributed by atoms with E-state index in [-0.39, 0.29) is 28.0 Å². The quantitative estimate of drug-likeness (QED) is 0.644. The Bertz CT molecular complexity index is 1070. The van der Waals surface area contributed by atoms with E-state index in [1.54, 1.807) is 26.0 Å². The minimum absolute atomic E-state index is 0.168. The number of benzene rings is 2. The van der Waals surface area contributed by atoms with Crippen LogP contribution in [0.25, 0.3) is 10.8 Å². The monoisotopic (exact) mass is 397 g/mol. The van der Waals surface area contributed by atoms with Gasteiger partial charge in [-0.2, -0.15) is 0 Å². The molecule has 3 aromatic rings. The summed E-state index contributed by atoms with van der Waals surface area (Å²) in [6, 6.07) is 13.0. The standard InChI is InChI=1S/C21H19NO5S/c1-4-27-20(24)16-12(2)17(21(25)26-3)28-19(16)22-18(23)15-10-9-13-7-5-6-8-14(13)11-15/h5-11H,4H2,1-3H3,(H,22,23). The lowest BCUT2D eigenvalue weighted by Gasteiger charge is -2.08. The maximum Gasteiger partial charge on any atom is 0.348 e. The zero-order valence-corrected chi connectivity index (χ0v) is 16.5. The number of hydrogen-bond acceptors (Lipinski definition) is 6. The second kappa shape index (κ2) is 8.22. The summed E-state index contributed by atoms with van der Waals surface area (Å²) in [7, 11) is 1.26. The molecule has 0 spiro atoms. The van der Waals surface area contributed by atoms with Crippen LogP contribution in [0.5, 0.6) is 0 Å². The van der Waals surface area contributed by atoms with Crippen LogP contribution >= 0.6 is 11.3 Å². The van der Waals surface area contributed by atoms with Crippen molar-refractivity contribution in [2.24, 2.45) is 0 Å². The molecule has 1 aromatic heterocycles. The molecule has 7 heteroatoms. The molecular weight excluding hydrogens is 378 g/mol. The molecule has 28 heavy (non-hydrogen) atoms. The number of ether oxygens (including phenoxy) is 2. The molecule has 0 unspecified atom stereocenters. The number of thiophene rings is 1. The van der Waals surface area contributed by atoms with Gasteiger partial charge in [0.2, 0.25) is 0 Å². The molecule has 0 fully saturated rings. The van der Waals surface area contributed by atoms with Crippen molar-refractivity contribution in [3.63, 3.8) is 0 Å². The zero-order valence-electron chi connectivity index (χ0n) is 15.7. The van der Waals surface area contributed by atoms with Crippen molar-refractivity contribution >= 4 is 45.0 Å². The predicted molar refractivity (Wildman–Crippen MR) is 108 cm³/mol. The Morgan fingerprint density at radius 3 is 2.43 bits per heavy atom. The Balaban J connectivity index is 1.98. The van der Waals surface area contributed by atoms with Crippen LogP contribution in [0, 0.1) is 6.92 Å². The molecule has 0 atom stereocenters. The Hall–Kier alpha value is -3.19. The van der Waals surface area contributed by atoms with Crippen LogP contribution in [0.15, 0.2) is 42.5 Å². The summed E-state index contributed by atoms with van der Waals surface area (Å²) in [6.07, 6.45) is 0. The lowest BCUT2D eigenvalue weighted by molar-refractivity contribution is 0.0527. The van der Waals surface area contributed by atoms with E-state index in [0.29, 0.717) is 11.1 Å². The number of carbonyl (C=O) groups is 3. The highest BCUT2D eigenvalue weighted by molar-refractivity contribution is 7.18. The molecule has 1 heterocycles. The van der Waals surface area contributed by atoms with Gasteiger partial charge in [0.05, 0.1) is 19.3 Å².